The van der Waals surface area contributed by atoms with Crippen LogP contribution in [0.2, 0.25) is 0 Å². The Hall–Kier alpha value is -2.68. The molecule has 3 atom stereocenters. The minimum atomic E-state index is -0.283. The molecular weight excluding hydrogens is 300 g/mol. The van der Waals surface area contributed by atoms with Crippen LogP contribution in [0.5, 0.6) is 0 Å². The van der Waals surface area contributed by atoms with Crippen LogP contribution in [0.3, 0.4) is 0 Å². The van der Waals surface area contributed by atoms with Gasteiger partial charge >= 0.3 is 0 Å². The Morgan fingerprint density at radius 3 is 2.92 bits per heavy atom. The predicted octanol–water partition coefficient (Wildman–Crippen LogP) is 2.28. The molecule has 1 heterocycles. The topological polar surface area (TPSA) is 77.0 Å². The number of hydrazine groups is 1. The maximum absolute atomic E-state index is 12.7. The van der Waals surface area contributed by atoms with Crippen molar-refractivity contribution in [2.24, 2.45) is 5.92 Å². The number of anilines is 1. The van der Waals surface area contributed by atoms with Crippen molar-refractivity contribution in [1.29, 1.82) is 5.26 Å². The van der Waals surface area contributed by atoms with Crippen molar-refractivity contribution in [3.8, 4) is 6.07 Å². The number of amides is 1. The summed E-state index contributed by atoms with van der Waals surface area (Å²) >= 11 is 0. The third kappa shape index (κ3) is 2.56. The van der Waals surface area contributed by atoms with Crippen molar-refractivity contribution >= 4 is 11.6 Å². The lowest BCUT2D eigenvalue weighted by atomic mass is 9.77. The summed E-state index contributed by atoms with van der Waals surface area (Å²) in [5.74, 6) is 0.156. The molecule has 4 rings (SSSR count). The maximum Gasteiger partial charge on any atom is 0.243 e. The van der Waals surface area contributed by atoms with Gasteiger partial charge in [0.05, 0.1) is 17.7 Å². The molecular formula is C19H18N4O. The number of fused-ring (bicyclic) bond motifs is 3. The zero-order chi connectivity index (χ0) is 16.5. The van der Waals surface area contributed by atoms with Gasteiger partial charge in [0.25, 0.3) is 0 Å². The number of aryl methyl sites for hydroxylation is 1. The van der Waals surface area contributed by atoms with E-state index in [1.54, 1.807) is 24.3 Å². The fourth-order valence-electron chi connectivity index (χ4n) is 3.76. The van der Waals surface area contributed by atoms with Crippen molar-refractivity contribution < 1.29 is 4.79 Å². The summed E-state index contributed by atoms with van der Waals surface area (Å²) in [5, 5.41) is 11.9. The lowest BCUT2D eigenvalue weighted by Crippen LogP contribution is -2.42. The van der Waals surface area contributed by atoms with Crippen LogP contribution in [0.15, 0.2) is 48.5 Å². The van der Waals surface area contributed by atoms with Gasteiger partial charge < -0.3 is 5.32 Å². The monoisotopic (exact) mass is 318 g/mol. The number of carbonyl (C=O) groups is 1. The second-order valence-electron chi connectivity index (χ2n) is 6.33. The molecule has 1 aliphatic heterocycles. The number of nitrogens with one attached hydrogen (secondary N) is 3. The molecule has 0 spiro atoms. The van der Waals surface area contributed by atoms with E-state index in [2.05, 4.69) is 40.4 Å². The normalized spacial score (nSPS) is 24.5. The average molecular weight is 318 g/mol. The smallest absolute Gasteiger partial charge is 0.243 e. The third-order valence-electron chi connectivity index (χ3n) is 4.93. The van der Waals surface area contributed by atoms with Crippen LogP contribution in [0.25, 0.3) is 0 Å². The number of benzene rings is 2. The van der Waals surface area contributed by atoms with Crippen molar-refractivity contribution in [3.05, 3.63) is 65.2 Å². The second kappa shape index (κ2) is 6.08. The highest BCUT2D eigenvalue weighted by atomic mass is 16.2. The molecule has 120 valence electrons. The molecule has 0 aromatic heterocycles. The van der Waals surface area contributed by atoms with Crippen molar-refractivity contribution in [2.75, 3.05) is 5.32 Å². The Kier molecular flexibility index (Phi) is 3.77. The molecule has 2 aromatic carbocycles. The Balaban J connectivity index is 1.52. The summed E-state index contributed by atoms with van der Waals surface area (Å²) in [6.07, 6.45) is 1.96. The minimum Gasteiger partial charge on any atom is -0.325 e. The van der Waals surface area contributed by atoms with Gasteiger partial charge in [-0.05, 0) is 42.2 Å². The number of rotatable bonds is 2. The molecule has 1 saturated heterocycles. The van der Waals surface area contributed by atoms with Gasteiger partial charge in [0.1, 0.15) is 6.04 Å². The number of hydrogen-bond acceptors (Lipinski definition) is 4. The lowest BCUT2D eigenvalue weighted by Gasteiger charge is -2.29. The molecule has 1 amide bonds. The molecule has 5 nitrogen and oxygen atoms in total. The van der Waals surface area contributed by atoms with Crippen molar-refractivity contribution in [3.63, 3.8) is 0 Å². The van der Waals surface area contributed by atoms with E-state index in [1.165, 1.54) is 11.1 Å². The second-order valence-corrected chi connectivity index (χ2v) is 6.33. The Morgan fingerprint density at radius 2 is 2.04 bits per heavy atom. The van der Waals surface area contributed by atoms with Gasteiger partial charge in [-0.15, -0.1) is 0 Å². The highest BCUT2D eigenvalue weighted by Gasteiger charge is 2.43. The number of hydrogen-bond donors (Lipinski definition) is 3. The predicted molar refractivity (Wildman–Crippen MR) is 90.8 cm³/mol. The lowest BCUT2D eigenvalue weighted by molar-refractivity contribution is -0.118. The molecule has 24 heavy (non-hydrogen) atoms. The van der Waals surface area contributed by atoms with Crippen LogP contribution in [-0.2, 0) is 11.2 Å². The van der Waals surface area contributed by atoms with E-state index in [4.69, 9.17) is 5.26 Å². The first-order valence-corrected chi connectivity index (χ1v) is 8.16. The molecule has 2 aromatic rings. The molecule has 0 saturated carbocycles. The number of carbonyl (C=O) groups excluding carboxylic acids is 1. The molecule has 1 aliphatic carbocycles. The van der Waals surface area contributed by atoms with E-state index in [1.807, 2.05) is 6.07 Å². The summed E-state index contributed by atoms with van der Waals surface area (Å²) in [7, 11) is 0. The van der Waals surface area contributed by atoms with E-state index >= 15 is 0 Å². The Bertz CT molecular complexity index is 826. The van der Waals surface area contributed by atoms with Gasteiger partial charge in [0, 0.05) is 11.6 Å². The van der Waals surface area contributed by atoms with E-state index in [0.29, 0.717) is 11.3 Å². The third-order valence-corrected chi connectivity index (χ3v) is 4.93. The fourth-order valence-corrected chi connectivity index (χ4v) is 3.76. The first-order chi connectivity index (χ1) is 11.8. The summed E-state index contributed by atoms with van der Waals surface area (Å²) < 4.78 is 0. The minimum absolute atomic E-state index is 0.0653. The van der Waals surface area contributed by atoms with Crippen LogP contribution in [0, 0.1) is 17.2 Å². The van der Waals surface area contributed by atoms with Gasteiger partial charge in [-0.1, -0.05) is 30.3 Å². The van der Waals surface area contributed by atoms with E-state index < -0.39 is 0 Å². The van der Waals surface area contributed by atoms with E-state index in [9.17, 15) is 4.79 Å². The van der Waals surface area contributed by atoms with Gasteiger partial charge in [0.2, 0.25) is 5.91 Å². The molecule has 0 radical (unpaired) electrons. The summed E-state index contributed by atoms with van der Waals surface area (Å²) in [4.78, 5) is 12.7. The molecule has 3 unspecified atom stereocenters. The Morgan fingerprint density at radius 1 is 1.17 bits per heavy atom. The zero-order valence-electron chi connectivity index (χ0n) is 13.1. The zero-order valence-corrected chi connectivity index (χ0v) is 13.1. The fraction of sp³-hybridized carbons (Fsp3) is 0.263. The van der Waals surface area contributed by atoms with Gasteiger partial charge in [-0.3, -0.25) is 4.79 Å². The van der Waals surface area contributed by atoms with Crippen LogP contribution in [-0.4, -0.2) is 11.9 Å². The van der Waals surface area contributed by atoms with Crippen molar-refractivity contribution in [2.45, 2.75) is 24.9 Å². The summed E-state index contributed by atoms with van der Waals surface area (Å²) in [6, 6.07) is 17.4. The first-order valence-electron chi connectivity index (χ1n) is 8.16. The Labute approximate surface area is 140 Å². The highest BCUT2D eigenvalue weighted by Crippen LogP contribution is 2.39. The van der Waals surface area contributed by atoms with Crippen LogP contribution >= 0.6 is 0 Å². The SMILES string of the molecule is N#Cc1cccc(NC(=O)C2NNC3c4ccccc4CCC23)c1. The quantitative estimate of drug-likeness (QED) is 0.794. The molecule has 0 bridgehead atoms. The van der Waals surface area contributed by atoms with E-state index in [-0.39, 0.29) is 23.9 Å². The van der Waals surface area contributed by atoms with Crippen LogP contribution in [0.4, 0.5) is 5.69 Å². The number of nitriles is 1. The molecule has 2 aliphatic rings. The molecule has 3 N–H and O–H groups in total. The molecule has 5 heteroatoms. The number of nitrogens with zero attached hydrogens (tertiary/aromatic N) is 1. The summed E-state index contributed by atoms with van der Waals surface area (Å²) in [5.41, 5.74) is 10.3. The van der Waals surface area contributed by atoms with E-state index in [0.717, 1.165) is 12.8 Å². The standard InChI is InChI=1S/C19H18N4O/c20-11-12-4-3-6-14(10-12)21-19(24)18-16-9-8-13-5-1-2-7-15(13)17(16)22-23-18/h1-7,10,16-18,22-23H,8-9H2,(H,21,24). The summed E-state index contributed by atoms with van der Waals surface area (Å²) in [6.45, 7) is 0. The largest absolute Gasteiger partial charge is 0.325 e. The average Bonchev–Trinajstić information content (AvgIpc) is 3.06. The van der Waals surface area contributed by atoms with Crippen LogP contribution in [0.1, 0.15) is 29.2 Å². The van der Waals surface area contributed by atoms with Crippen molar-refractivity contribution in [1.82, 2.24) is 10.9 Å². The van der Waals surface area contributed by atoms with Crippen LogP contribution < -0.4 is 16.2 Å². The first kappa shape index (κ1) is 14.9. The molecule has 1 fully saturated rings. The van der Waals surface area contributed by atoms with Gasteiger partial charge in [0.15, 0.2) is 0 Å². The highest BCUT2D eigenvalue weighted by molar-refractivity contribution is 5.95. The maximum atomic E-state index is 12.7. The van der Waals surface area contributed by atoms with Gasteiger partial charge in [-0.25, -0.2) is 10.9 Å². The van der Waals surface area contributed by atoms with Gasteiger partial charge in [-0.2, -0.15) is 5.26 Å².